The Kier molecular flexibility index (Phi) is 6.91. The molecule has 0 saturated carbocycles. The average molecular weight is 450 g/mol. The highest BCUT2D eigenvalue weighted by Crippen LogP contribution is 2.30. The van der Waals surface area contributed by atoms with Crippen LogP contribution in [0.5, 0.6) is 0 Å². The standard InChI is InChI=1S/C24H26N4O5/c1-6-28-22(30)21(26-18-11-8-12-25-14-18)19(23(31)33-24(4,5)32-16(3)29)20(27-28)17-10-7-9-15(2)13-17/h7-14,26H,6H2,1-5H3. The third kappa shape index (κ3) is 5.62. The molecule has 2 aromatic heterocycles. The summed E-state index contributed by atoms with van der Waals surface area (Å²) in [7, 11) is 0. The van der Waals surface area contributed by atoms with Crippen molar-refractivity contribution in [3.8, 4) is 11.3 Å². The first kappa shape index (κ1) is 23.6. The Morgan fingerprint density at radius 1 is 1.15 bits per heavy atom. The number of hydrogen-bond donors (Lipinski definition) is 1. The minimum Gasteiger partial charge on any atom is -0.423 e. The van der Waals surface area contributed by atoms with Crippen molar-refractivity contribution >= 4 is 23.3 Å². The van der Waals surface area contributed by atoms with Gasteiger partial charge >= 0.3 is 11.9 Å². The van der Waals surface area contributed by atoms with Crippen LogP contribution in [0.2, 0.25) is 0 Å². The molecular formula is C24H26N4O5. The molecule has 33 heavy (non-hydrogen) atoms. The number of carbonyl (C=O) groups is 2. The van der Waals surface area contributed by atoms with Crippen LogP contribution in [0, 0.1) is 6.92 Å². The van der Waals surface area contributed by atoms with E-state index in [4.69, 9.17) is 9.47 Å². The summed E-state index contributed by atoms with van der Waals surface area (Å²) in [5.41, 5.74) is 1.75. The summed E-state index contributed by atoms with van der Waals surface area (Å²) in [6, 6.07) is 10.8. The molecule has 0 atom stereocenters. The first-order valence-corrected chi connectivity index (χ1v) is 10.4. The maximum absolute atomic E-state index is 13.4. The molecule has 0 fully saturated rings. The minimum absolute atomic E-state index is 0.0139. The van der Waals surface area contributed by atoms with Gasteiger partial charge in [-0.3, -0.25) is 14.6 Å². The Hall–Kier alpha value is -4.01. The van der Waals surface area contributed by atoms with Crippen molar-refractivity contribution in [2.45, 2.75) is 47.0 Å². The van der Waals surface area contributed by atoms with E-state index in [0.29, 0.717) is 11.3 Å². The first-order chi connectivity index (χ1) is 15.6. The van der Waals surface area contributed by atoms with Crippen molar-refractivity contribution in [1.29, 1.82) is 0 Å². The molecule has 9 heteroatoms. The molecule has 3 aromatic rings. The fourth-order valence-corrected chi connectivity index (χ4v) is 3.32. The molecule has 0 saturated heterocycles. The average Bonchev–Trinajstić information content (AvgIpc) is 2.74. The van der Waals surface area contributed by atoms with E-state index >= 15 is 0 Å². The lowest BCUT2D eigenvalue weighted by Crippen LogP contribution is -2.35. The molecule has 0 bridgehead atoms. The molecule has 9 nitrogen and oxygen atoms in total. The van der Waals surface area contributed by atoms with Gasteiger partial charge in [0.15, 0.2) is 0 Å². The van der Waals surface area contributed by atoms with Crippen molar-refractivity contribution < 1.29 is 19.1 Å². The van der Waals surface area contributed by atoms with E-state index in [1.54, 1.807) is 31.3 Å². The maximum Gasteiger partial charge on any atom is 0.346 e. The van der Waals surface area contributed by atoms with Gasteiger partial charge in [-0.25, -0.2) is 9.48 Å². The molecule has 0 unspecified atom stereocenters. The Balaban J connectivity index is 2.26. The molecule has 1 aromatic carbocycles. The van der Waals surface area contributed by atoms with Crippen LogP contribution in [-0.4, -0.2) is 32.5 Å². The molecule has 2 heterocycles. The monoisotopic (exact) mass is 450 g/mol. The van der Waals surface area contributed by atoms with Crippen LogP contribution in [0.25, 0.3) is 11.3 Å². The summed E-state index contributed by atoms with van der Waals surface area (Å²) >= 11 is 0. The van der Waals surface area contributed by atoms with Crippen molar-refractivity contribution in [3.05, 3.63) is 70.3 Å². The quantitative estimate of drug-likeness (QED) is 0.427. The normalized spacial score (nSPS) is 11.1. The number of ether oxygens (including phenoxy) is 2. The van der Waals surface area contributed by atoms with Crippen LogP contribution in [0.15, 0.2) is 53.6 Å². The second-order valence-electron chi connectivity index (χ2n) is 7.84. The highest BCUT2D eigenvalue weighted by Gasteiger charge is 2.32. The van der Waals surface area contributed by atoms with Crippen LogP contribution in [0.3, 0.4) is 0 Å². The predicted molar refractivity (Wildman–Crippen MR) is 123 cm³/mol. The lowest BCUT2D eigenvalue weighted by Gasteiger charge is -2.25. The summed E-state index contributed by atoms with van der Waals surface area (Å²) < 4.78 is 11.9. The van der Waals surface area contributed by atoms with E-state index in [0.717, 1.165) is 5.56 Å². The second-order valence-corrected chi connectivity index (χ2v) is 7.84. The zero-order valence-corrected chi connectivity index (χ0v) is 19.2. The number of carbonyl (C=O) groups excluding carboxylic acids is 2. The highest BCUT2D eigenvalue weighted by molar-refractivity contribution is 6.02. The summed E-state index contributed by atoms with van der Waals surface area (Å²) in [6.07, 6.45) is 3.12. The minimum atomic E-state index is -1.56. The molecule has 0 aliphatic rings. The highest BCUT2D eigenvalue weighted by atomic mass is 16.7. The van der Waals surface area contributed by atoms with Gasteiger partial charge in [-0.05, 0) is 32.0 Å². The van der Waals surface area contributed by atoms with E-state index in [2.05, 4.69) is 15.4 Å². The number of aryl methyl sites for hydroxylation is 2. The molecule has 0 spiro atoms. The fraction of sp³-hybridized carbons (Fsp3) is 0.292. The number of anilines is 2. The Labute approximate surface area is 191 Å². The Bertz CT molecular complexity index is 1240. The van der Waals surface area contributed by atoms with Gasteiger partial charge in [0.2, 0.25) is 0 Å². The van der Waals surface area contributed by atoms with E-state index in [1.807, 2.05) is 25.1 Å². The van der Waals surface area contributed by atoms with Crippen molar-refractivity contribution in [2.24, 2.45) is 0 Å². The second kappa shape index (κ2) is 9.64. The van der Waals surface area contributed by atoms with Crippen molar-refractivity contribution in [1.82, 2.24) is 14.8 Å². The fourth-order valence-electron chi connectivity index (χ4n) is 3.32. The number of esters is 2. The molecule has 0 amide bonds. The zero-order valence-electron chi connectivity index (χ0n) is 19.2. The van der Waals surface area contributed by atoms with Gasteiger partial charge in [0, 0.05) is 39.1 Å². The van der Waals surface area contributed by atoms with Gasteiger partial charge in [-0.1, -0.05) is 23.8 Å². The summed E-state index contributed by atoms with van der Waals surface area (Å²) in [6.45, 7) is 8.07. The smallest absolute Gasteiger partial charge is 0.346 e. The third-order valence-electron chi connectivity index (χ3n) is 4.61. The number of hydrogen-bond acceptors (Lipinski definition) is 8. The van der Waals surface area contributed by atoms with Crippen LogP contribution >= 0.6 is 0 Å². The number of aromatic nitrogens is 3. The topological polar surface area (TPSA) is 112 Å². The predicted octanol–water partition coefficient (Wildman–Crippen LogP) is 3.83. The van der Waals surface area contributed by atoms with Gasteiger partial charge in [0.25, 0.3) is 11.3 Å². The van der Waals surface area contributed by atoms with Gasteiger partial charge in [0.05, 0.1) is 11.9 Å². The van der Waals surface area contributed by atoms with Gasteiger partial charge in [-0.2, -0.15) is 5.10 Å². The lowest BCUT2D eigenvalue weighted by molar-refractivity contribution is -0.193. The van der Waals surface area contributed by atoms with Crippen LogP contribution in [0.4, 0.5) is 11.4 Å². The van der Waals surface area contributed by atoms with E-state index < -0.39 is 23.3 Å². The number of pyridine rings is 1. The maximum atomic E-state index is 13.4. The number of rotatable bonds is 7. The Morgan fingerprint density at radius 2 is 1.91 bits per heavy atom. The summed E-state index contributed by atoms with van der Waals surface area (Å²) in [5, 5.41) is 7.46. The van der Waals surface area contributed by atoms with Gasteiger partial charge in [-0.15, -0.1) is 0 Å². The van der Waals surface area contributed by atoms with Gasteiger partial charge in [0.1, 0.15) is 16.9 Å². The summed E-state index contributed by atoms with van der Waals surface area (Å²) in [4.78, 5) is 42.2. The molecule has 172 valence electrons. The summed E-state index contributed by atoms with van der Waals surface area (Å²) in [5.74, 6) is -3.03. The SMILES string of the molecule is CCn1nc(-c2cccc(C)c2)c(C(=O)OC(C)(C)OC(C)=O)c(Nc2cccnc2)c1=O. The number of nitrogens with zero attached hydrogens (tertiary/aromatic N) is 3. The van der Waals surface area contributed by atoms with Crippen molar-refractivity contribution in [3.63, 3.8) is 0 Å². The van der Waals surface area contributed by atoms with Crippen molar-refractivity contribution in [2.75, 3.05) is 5.32 Å². The molecule has 0 radical (unpaired) electrons. The van der Waals surface area contributed by atoms with Gasteiger partial charge < -0.3 is 14.8 Å². The molecular weight excluding hydrogens is 424 g/mol. The van der Waals surface area contributed by atoms with E-state index in [9.17, 15) is 14.4 Å². The van der Waals surface area contributed by atoms with E-state index in [-0.39, 0.29) is 23.5 Å². The van der Waals surface area contributed by atoms with E-state index in [1.165, 1.54) is 31.6 Å². The number of nitrogens with one attached hydrogen (secondary N) is 1. The largest absolute Gasteiger partial charge is 0.423 e. The molecule has 0 aliphatic heterocycles. The lowest BCUT2D eigenvalue weighted by atomic mass is 10.0. The Morgan fingerprint density at radius 3 is 2.52 bits per heavy atom. The van der Waals surface area contributed by atoms with Crippen LogP contribution in [0.1, 0.15) is 43.6 Å². The third-order valence-corrected chi connectivity index (χ3v) is 4.61. The molecule has 0 aliphatic carbocycles. The number of benzene rings is 1. The molecule has 3 rings (SSSR count). The molecule has 1 N–H and O–H groups in total. The van der Waals surface area contributed by atoms with Crippen LogP contribution < -0.4 is 10.9 Å². The van der Waals surface area contributed by atoms with Crippen LogP contribution in [-0.2, 0) is 20.8 Å². The first-order valence-electron chi connectivity index (χ1n) is 10.4. The zero-order chi connectivity index (χ0) is 24.2.